The number of hydrogen-bond acceptors (Lipinski definition) is 3. The average Bonchev–Trinajstić information content (AvgIpc) is 3.05. The molecular formula is C16H25ClN2OS. The SMILES string of the molecule is Cc1cc(C(=O)N2C[C@H](C3CC3)[C@@H](N(C)C)C2)sc1C.Cl. The summed E-state index contributed by atoms with van der Waals surface area (Å²) < 4.78 is 0. The van der Waals surface area contributed by atoms with Crippen molar-refractivity contribution in [2.75, 3.05) is 27.2 Å². The van der Waals surface area contributed by atoms with Crippen molar-refractivity contribution in [2.24, 2.45) is 11.8 Å². The Labute approximate surface area is 137 Å². The molecule has 1 aromatic rings. The molecule has 0 N–H and O–H groups in total. The highest BCUT2D eigenvalue weighted by molar-refractivity contribution is 7.14. The Kier molecular flexibility index (Phi) is 5.01. The summed E-state index contributed by atoms with van der Waals surface area (Å²) in [5.41, 5.74) is 1.24. The summed E-state index contributed by atoms with van der Waals surface area (Å²) in [6.07, 6.45) is 2.71. The summed E-state index contributed by atoms with van der Waals surface area (Å²) in [5.74, 6) is 1.77. The highest BCUT2D eigenvalue weighted by Gasteiger charge is 2.44. The molecule has 1 aliphatic heterocycles. The average molecular weight is 329 g/mol. The van der Waals surface area contributed by atoms with Crippen molar-refractivity contribution in [2.45, 2.75) is 32.7 Å². The topological polar surface area (TPSA) is 23.6 Å². The van der Waals surface area contributed by atoms with Gasteiger partial charge >= 0.3 is 0 Å². The number of rotatable bonds is 3. The minimum Gasteiger partial charge on any atom is -0.336 e. The molecular weight excluding hydrogens is 304 g/mol. The van der Waals surface area contributed by atoms with Crippen molar-refractivity contribution in [1.29, 1.82) is 0 Å². The van der Waals surface area contributed by atoms with E-state index in [1.807, 2.05) is 0 Å². The second kappa shape index (κ2) is 6.27. The molecule has 2 heterocycles. The van der Waals surface area contributed by atoms with E-state index in [0.29, 0.717) is 12.0 Å². The van der Waals surface area contributed by atoms with Gasteiger partial charge in [-0.3, -0.25) is 4.79 Å². The van der Waals surface area contributed by atoms with Crippen molar-refractivity contribution in [3.05, 3.63) is 21.4 Å². The maximum absolute atomic E-state index is 12.7. The number of likely N-dealkylation sites (N-methyl/N-ethyl adjacent to an activating group) is 1. The largest absolute Gasteiger partial charge is 0.336 e. The summed E-state index contributed by atoms with van der Waals surface area (Å²) in [4.78, 5) is 19.2. The van der Waals surface area contributed by atoms with E-state index in [1.165, 1.54) is 23.3 Å². The van der Waals surface area contributed by atoms with E-state index in [9.17, 15) is 4.79 Å². The zero-order valence-electron chi connectivity index (χ0n) is 13.3. The van der Waals surface area contributed by atoms with Crippen molar-refractivity contribution >= 4 is 29.7 Å². The van der Waals surface area contributed by atoms with Crippen LogP contribution in [0.25, 0.3) is 0 Å². The van der Waals surface area contributed by atoms with Gasteiger partial charge in [0.05, 0.1) is 4.88 Å². The summed E-state index contributed by atoms with van der Waals surface area (Å²) in [6, 6.07) is 2.59. The Morgan fingerprint density at radius 3 is 2.43 bits per heavy atom. The second-order valence-electron chi connectivity index (χ2n) is 6.59. The van der Waals surface area contributed by atoms with E-state index < -0.39 is 0 Å². The van der Waals surface area contributed by atoms with Gasteiger partial charge in [-0.2, -0.15) is 0 Å². The van der Waals surface area contributed by atoms with E-state index in [1.54, 1.807) is 11.3 Å². The second-order valence-corrected chi connectivity index (χ2v) is 7.85. The quantitative estimate of drug-likeness (QED) is 0.850. The van der Waals surface area contributed by atoms with E-state index in [2.05, 4.69) is 43.8 Å². The predicted octanol–water partition coefficient (Wildman–Crippen LogP) is 3.20. The predicted molar refractivity (Wildman–Crippen MR) is 90.6 cm³/mol. The van der Waals surface area contributed by atoms with E-state index in [-0.39, 0.29) is 18.3 Å². The first-order valence-corrected chi connectivity index (χ1v) is 8.31. The van der Waals surface area contributed by atoms with Gasteiger partial charge in [0.2, 0.25) is 0 Å². The molecule has 1 saturated carbocycles. The van der Waals surface area contributed by atoms with Gasteiger partial charge in [-0.15, -0.1) is 23.7 Å². The fourth-order valence-electron chi connectivity index (χ4n) is 3.35. The van der Waals surface area contributed by atoms with Gasteiger partial charge in [0.1, 0.15) is 0 Å². The number of nitrogens with zero attached hydrogens (tertiary/aromatic N) is 2. The Balaban J connectivity index is 0.00000161. The van der Waals surface area contributed by atoms with E-state index in [0.717, 1.165) is 23.9 Å². The number of halogens is 1. The molecule has 2 fully saturated rings. The standard InChI is InChI=1S/C16H24N2OS.ClH/c1-10-7-15(20-11(10)2)16(19)18-8-13(12-5-6-12)14(9-18)17(3)4;/h7,12-14H,5-6,8-9H2,1-4H3;1H/t13-,14+;/m1./s1. The Morgan fingerprint density at radius 1 is 1.29 bits per heavy atom. The zero-order valence-corrected chi connectivity index (χ0v) is 14.9. The third-order valence-corrected chi connectivity index (χ3v) is 6.03. The minimum atomic E-state index is 0. The summed E-state index contributed by atoms with van der Waals surface area (Å²) in [5, 5.41) is 0. The van der Waals surface area contributed by atoms with Crippen molar-refractivity contribution in [3.63, 3.8) is 0 Å². The Bertz CT molecular complexity index is 495. The first-order valence-electron chi connectivity index (χ1n) is 7.50. The molecule has 1 saturated heterocycles. The van der Waals surface area contributed by atoms with Gasteiger partial charge in [-0.05, 0) is 64.3 Å². The third kappa shape index (κ3) is 3.27. The molecule has 21 heavy (non-hydrogen) atoms. The molecule has 0 aromatic carbocycles. The van der Waals surface area contributed by atoms with Crippen molar-refractivity contribution in [3.8, 4) is 0 Å². The van der Waals surface area contributed by atoms with Gasteiger partial charge < -0.3 is 9.80 Å². The van der Waals surface area contributed by atoms with Crippen molar-refractivity contribution < 1.29 is 4.79 Å². The first-order chi connectivity index (χ1) is 9.47. The number of thiophene rings is 1. The fourth-order valence-corrected chi connectivity index (χ4v) is 4.35. The smallest absolute Gasteiger partial charge is 0.264 e. The molecule has 5 heteroatoms. The molecule has 1 aromatic heterocycles. The number of carbonyl (C=O) groups excluding carboxylic acids is 1. The van der Waals surface area contributed by atoms with Crippen LogP contribution in [0.2, 0.25) is 0 Å². The van der Waals surface area contributed by atoms with Crippen LogP contribution in [0.5, 0.6) is 0 Å². The lowest BCUT2D eigenvalue weighted by Gasteiger charge is -2.24. The highest BCUT2D eigenvalue weighted by atomic mass is 35.5. The minimum absolute atomic E-state index is 0. The van der Waals surface area contributed by atoms with Crippen LogP contribution >= 0.6 is 23.7 Å². The highest BCUT2D eigenvalue weighted by Crippen LogP contribution is 2.43. The number of carbonyl (C=O) groups is 1. The lowest BCUT2D eigenvalue weighted by molar-refractivity contribution is 0.0785. The van der Waals surface area contributed by atoms with Gasteiger partial charge in [-0.1, -0.05) is 0 Å². The Hall–Kier alpha value is -0.580. The van der Waals surface area contributed by atoms with Crippen LogP contribution in [0.1, 0.15) is 33.0 Å². The Morgan fingerprint density at radius 2 is 1.95 bits per heavy atom. The lowest BCUT2D eigenvalue weighted by Crippen LogP contribution is -2.36. The molecule has 0 unspecified atom stereocenters. The maximum atomic E-state index is 12.7. The molecule has 0 bridgehead atoms. The van der Waals surface area contributed by atoms with E-state index >= 15 is 0 Å². The van der Waals surface area contributed by atoms with Crippen LogP contribution in [0.4, 0.5) is 0 Å². The fraction of sp³-hybridized carbons (Fsp3) is 0.688. The van der Waals surface area contributed by atoms with Crippen molar-refractivity contribution in [1.82, 2.24) is 9.80 Å². The molecule has 2 aliphatic rings. The van der Waals surface area contributed by atoms with Crippen LogP contribution < -0.4 is 0 Å². The monoisotopic (exact) mass is 328 g/mol. The summed E-state index contributed by atoms with van der Waals surface area (Å²) >= 11 is 1.64. The molecule has 2 atom stereocenters. The van der Waals surface area contributed by atoms with Gasteiger partial charge in [0.15, 0.2) is 0 Å². The normalized spacial score (nSPS) is 25.3. The molecule has 0 spiro atoms. The van der Waals surface area contributed by atoms with E-state index in [4.69, 9.17) is 0 Å². The molecule has 1 aliphatic carbocycles. The van der Waals surface area contributed by atoms with Gasteiger partial charge in [0.25, 0.3) is 5.91 Å². The number of amides is 1. The third-order valence-electron chi connectivity index (χ3n) is 4.89. The van der Waals surface area contributed by atoms with Crippen LogP contribution in [0.3, 0.4) is 0 Å². The van der Waals surface area contributed by atoms with Crippen LogP contribution in [0, 0.1) is 25.7 Å². The summed E-state index contributed by atoms with van der Waals surface area (Å²) in [7, 11) is 4.29. The van der Waals surface area contributed by atoms with Gasteiger partial charge in [-0.25, -0.2) is 0 Å². The number of hydrogen-bond donors (Lipinski definition) is 0. The van der Waals surface area contributed by atoms with Crippen LogP contribution in [-0.2, 0) is 0 Å². The first kappa shape index (κ1) is 16.8. The molecule has 3 nitrogen and oxygen atoms in total. The molecule has 118 valence electrons. The van der Waals surface area contributed by atoms with Crippen LogP contribution in [-0.4, -0.2) is 48.9 Å². The molecule has 0 radical (unpaired) electrons. The zero-order chi connectivity index (χ0) is 14.4. The molecule has 1 amide bonds. The number of likely N-dealkylation sites (tertiary alicyclic amines) is 1. The maximum Gasteiger partial charge on any atom is 0.264 e. The van der Waals surface area contributed by atoms with Gasteiger partial charge in [0, 0.05) is 24.0 Å². The van der Waals surface area contributed by atoms with Crippen LogP contribution in [0.15, 0.2) is 6.07 Å². The summed E-state index contributed by atoms with van der Waals surface area (Å²) in [6.45, 7) is 6.02. The molecule has 3 rings (SSSR count). The number of aryl methyl sites for hydroxylation is 2. The lowest BCUT2D eigenvalue weighted by atomic mass is 9.97.